The predicted molar refractivity (Wildman–Crippen MR) is 196 cm³/mol. The molecule has 0 saturated carbocycles. The average molecular weight is 710 g/mol. The Morgan fingerprint density at radius 3 is 1.71 bits per heavy atom. The Morgan fingerprint density at radius 2 is 1.13 bits per heavy atom. The molecule has 0 amide bonds. The molecule has 0 N–H and O–H groups in total. The van der Waals surface area contributed by atoms with Crippen LogP contribution >= 0.6 is 15.9 Å². The first-order valence-corrected chi connectivity index (χ1v) is 20.9. The van der Waals surface area contributed by atoms with E-state index >= 15 is 0 Å². The predicted octanol–water partition coefficient (Wildman–Crippen LogP) is 9.09. The van der Waals surface area contributed by atoms with Crippen molar-refractivity contribution in [2.75, 3.05) is 24.7 Å². The maximum Gasteiger partial charge on any atom is 0.261 e. The highest BCUT2D eigenvalue weighted by atomic mass is 79.9. The van der Waals surface area contributed by atoms with Crippen molar-refractivity contribution < 1.29 is 17.6 Å². The third-order valence-electron chi connectivity index (χ3n) is 8.48. The van der Waals surface area contributed by atoms with E-state index in [2.05, 4.69) is 122 Å². The second kappa shape index (κ2) is 16.9. The van der Waals surface area contributed by atoms with E-state index in [1.54, 1.807) is 0 Å². The minimum Gasteiger partial charge on any atom is -0.494 e. The number of sulfone groups is 1. The molecule has 0 fully saturated rings. The van der Waals surface area contributed by atoms with Crippen LogP contribution in [0.4, 0.5) is 0 Å². The Morgan fingerprint density at radius 1 is 0.622 bits per heavy atom. The summed E-state index contributed by atoms with van der Waals surface area (Å²) in [6.45, 7) is 8.22. The van der Waals surface area contributed by atoms with Gasteiger partial charge in [-0.3, -0.25) is 0 Å². The van der Waals surface area contributed by atoms with Gasteiger partial charge in [0.2, 0.25) is 0 Å². The highest BCUT2D eigenvalue weighted by molar-refractivity contribution is 9.10. The third-order valence-corrected chi connectivity index (χ3v) is 15.8. The number of halogens is 1. The molecule has 4 rings (SSSR count). The number of benzene rings is 4. The van der Waals surface area contributed by atoms with Crippen molar-refractivity contribution in [2.45, 2.75) is 77.2 Å². The van der Waals surface area contributed by atoms with Crippen LogP contribution < -0.4 is 15.1 Å². The zero-order valence-corrected chi connectivity index (χ0v) is 30.5. The maximum atomic E-state index is 12.6. The van der Waals surface area contributed by atoms with Crippen molar-refractivity contribution in [3.8, 4) is 5.75 Å². The molecule has 0 heterocycles. The second-order valence-corrected chi connectivity index (χ2v) is 20.5. The SMILES string of the molecule is CC(C)(C)[Si](OCCCCCCS(=O)(=O)CCCCCCOc1ccc2cc(Br)ccc2c1)(c1ccccc1)c1ccccc1. The van der Waals surface area contributed by atoms with Crippen LogP contribution in [-0.4, -0.2) is 41.5 Å². The van der Waals surface area contributed by atoms with Crippen molar-refractivity contribution >= 4 is 55.2 Å². The van der Waals surface area contributed by atoms with Gasteiger partial charge in [-0.05, 0) is 76.1 Å². The molecule has 0 saturated heterocycles. The van der Waals surface area contributed by atoms with E-state index < -0.39 is 18.2 Å². The van der Waals surface area contributed by atoms with Crippen LogP contribution in [0.2, 0.25) is 5.04 Å². The average Bonchev–Trinajstić information content (AvgIpc) is 3.02. The largest absolute Gasteiger partial charge is 0.494 e. The standard InChI is InChI=1S/C38H49BrO4SSi/c1-38(2,3)45(36-18-10-8-11-19-36,37-20-12-9-13-21-37)43-27-15-5-7-17-29-44(40,41)28-16-6-4-14-26-42-35-25-23-32-30-34(39)24-22-33(32)31-35/h8-13,18-25,30-31H,4-7,14-17,26-29H2,1-3H3. The lowest BCUT2D eigenvalue weighted by atomic mass is 10.1. The fraction of sp³-hybridized carbons (Fsp3) is 0.421. The Hall–Kier alpha value is -2.45. The summed E-state index contributed by atoms with van der Waals surface area (Å²) in [7, 11) is -5.52. The second-order valence-electron chi connectivity index (χ2n) is 13.0. The van der Waals surface area contributed by atoms with E-state index in [-0.39, 0.29) is 16.5 Å². The number of hydrogen-bond acceptors (Lipinski definition) is 4. The van der Waals surface area contributed by atoms with Crippen LogP contribution in [0.25, 0.3) is 10.8 Å². The molecule has 0 aromatic heterocycles. The number of ether oxygens (including phenoxy) is 1. The van der Waals surface area contributed by atoms with Gasteiger partial charge in [0.25, 0.3) is 8.32 Å². The molecule has 0 spiro atoms. The number of unbranched alkanes of at least 4 members (excludes halogenated alkanes) is 6. The van der Waals surface area contributed by atoms with Crippen LogP contribution in [0, 0.1) is 0 Å². The monoisotopic (exact) mass is 708 g/mol. The summed E-state index contributed by atoms with van der Waals surface area (Å²) >= 11 is 3.51. The first kappa shape index (κ1) is 35.4. The van der Waals surface area contributed by atoms with Gasteiger partial charge in [-0.1, -0.05) is 135 Å². The topological polar surface area (TPSA) is 52.6 Å². The van der Waals surface area contributed by atoms with Gasteiger partial charge in [-0.2, -0.15) is 0 Å². The molecule has 0 aliphatic heterocycles. The third kappa shape index (κ3) is 10.3. The normalized spacial score (nSPS) is 12.4. The Labute approximate surface area is 280 Å². The van der Waals surface area contributed by atoms with Crippen molar-refractivity contribution in [1.29, 1.82) is 0 Å². The van der Waals surface area contributed by atoms with Crippen molar-refractivity contribution in [3.05, 3.63) is 102 Å². The summed E-state index contributed by atoms with van der Waals surface area (Å²) in [6, 6.07) is 33.8. The number of hydrogen-bond donors (Lipinski definition) is 0. The molecule has 0 radical (unpaired) electrons. The maximum absolute atomic E-state index is 12.6. The minimum atomic E-state index is -3.01. The fourth-order valence-corrected chi connectivity index (χ4v) is 12.6. The van der Waals surface area contributed by atoms with Crippen LogP contribution in [0.3, 0.4) is 0 Å². The van der Waals surface area contributed by atoms with Gasteiger partial charge in [0.05, 0.1) is 18.1 Å². The van der Waals surface area contributed by atoms with E-state index in [1.165, 1.54) is 15.8 Å². The first-order chi connectivity index (χ1) is 21.6. The van der Waals surface area contributed by atoms with Gasteiger partial charge in [0.15, 0.2) is 0 Å². The van der Waals surface area contributed by atoms with Crippen molar-refractivity contribution in [1.82, 2.24) is 0 Å². The van der Waals surface area contributed by atoms with E-state index in [1.807, 2.05) is 12.1 Å². The van der Waals surface area contributed by atoms with Crippen LogP contribution in [-0.2, 0) is 14.3 Å². The Kier molecular flexibility index (Phi) is 13.3. The van der Waals surface area contributed by atoms with E-state index in [0.29, 0.717) is 13.2 Å². The summed E-state index contributed by atoms with van der Waals surface area (Å²) in [6.07, 6.45) is 7.07. The lowest BCUT2D eigenvalue weighted by Gasteiger charge is -2.43. The molecule has 0 aliphatic rings. The summed E-state index contributed by atoms with van der Waals surface area (Å²) in [5, 5.41) is 4.89. The van der Waals surface area contributed by atoms with Gasteiger partial charge in [0, 0.05) is 11.1 Å². The number of fused-ring (bicyclic) bond motifs is 1. The van der Waals surface area contributed by atoms with Gasteiger partial charge < -0.3 is 9.16 Å². The molecule has 4 aromatic rings. The van der Waals surface area contributed by atoms with Gasteiger partial charge >= 0.3 is 0 Å². The number of rotatable bonds is 18. The molecule has 0 unspecified atom stereocenters. The van der Waals surface area contributed by atoms with E-state index in [9.17, 15) is 8.42 Å². The molecule has 0 atom stereocenters. The fourth-order valence-electron chi connectivity index (χ4n) is 6.12. The quantitative estimate of drug-likeness (QED) is 0.0765. The molecule has 7 heteroatoms. The lowest BCUT2D eigenvalue weighted by Crippen LogP contribution is -2.66. The van der Waals surface area contributed by atoms with Gasteiger partial charge in [-0.25, -0.2) is 8.42 Å². The summed E-state index contributed by atoms with van der Waals surface area (Å²) in [5.74, 6) is 1.44. The zero-order chi connectivity index (χ0) is 32.2. The highest BCUT2D eigenvalue weighted by Crippen LogP contribution is 2.37. The summed E-state index contributed by atoms with van der Waals surface area (Å²) in [4.78, 5) is 0. The Balaban J connectivity index is 1.11. The molecule has 242 valence electrons. The van der Waals surface area contributed by atoms with Gasteiger partial charge in [0.1, 0.15) is 15.6 Å². The van der Waals surface area contributed by atoms with Gasteiger partial charge in [-0.15, -0.1) is 0 Å². The zero-order valence-electron chi connectivity index (χ0n) is 27.1. The highest BCUT2D eigenvalue weighted by Gasteiger charge is 2.49. The summed E-state index contributed by atoms with van der Waals surface area (Å²) in [5.41, 5.74) is 0. The Bertz CT molecular complexity index is 1530. The van der Waals surface area contributed by atoms with E-state index in [0.717, 1.165) is 67.0 Å². The molecule has 0 aliphatic carbocycles. The van der Waals surface area contributed by atoms with Crippen LogP contribution in [0.5, 0.6) is 5.75 Å². The van der Waals surface area contributed by atoms with Crippen LogP contribution in [0.1, 0.15) is 72.1 Å². The molecule has 0 bridgehead atoms. The summed E-state index contributed by atoms with van der Waals surface area (Å²) < 4.78 is 39.2. The lowest BCUT2D eigenvalue weighted by molar-refractivity contribution is 0.287. The smallest absolute Gasteiger partial charge is 0.261 e. The van der Waals surface area contributed by atoms with E-state index in [4.69, 9.17) is 9.16 Å². The minimum absolute atomic E-state index is 0.0357. The van der Waals surface area contributed by atoms with Crippen LogP contribution in [0.15, 0.2) is 102 Å². The molecule has 4 aromatic carbocycles. The molecular weight excluding hydrogens is 660 g/mol. The molecular formula is C38H49BrO4SSi. The molecule has 4 nitrogen and oxygen atoms in total. The first-order valence-electron chi connectivity index (χ1n) is 16.4. The molecule has 45 heavy (non-hydrogen) atoms. The van der Waals surface area contributed by atoms with Crippen molar-refractivity contribution in [2.24, 2.45) is 0 Å². The van der Waals surface area contributed by atoms with Crippen molar-refractivity contribution in [3.63, 3.8) is 0 Å².